The van der Waals surface area contributed by atoms with Crippen molar-refractivity contribution in [2.45, 2.75) is 144 Å². The first-order valence-corrected chi connectivity index (χ1v) is 33.0. The Morgan fingerprint density at radius 2 is 0.981 bits per heavy atom. The van der Waals surface area contributed by atoms with Gasteiger partial charge in [-0.2, -0.15) is 5.26 Å². The number of aromatic amines is 1. The number of nitrogens with one attached hydrogen (secondary N) is 11. The summed E-state index contributed by atoms with van der Waals surface area (Å²) < 4.78 is 0. The average molecular weight is 1450 g/mol. The van der Waals surface area contributed by atoms with Crippen molar-refractivity contribution < 1.29 is 93.0 Å². The molecular formula is C72H84N14O19. The maximum atomic E-state index is 14.5. The predicted molar refractivity (Wildman–Crippen MR) is 374 cm³/mol. The number of imidazole rings is 1. The summed E-state index contributed by atoms with van der Waals surface area (Å²) in [6.07, 6.45) is -4.57. The molecule has 10 amide bonds. The molecule has 0 aliphatic heterocycles. The number of nitrogens with zero attached hydrogens (tertiary/aromatic N) is 2. The number of carboxylic acid groups (broad SMARTS) is 3. The zero-order valence-corrected chi connectivity index (χ0v) is 57.5. The highest BCUT2D eigenvalue weighted by Crippen LogP contribution is 2.23. The van der Waals surface area contributed by atoms with Crippen LogP contribution in [0.4, 0.5) is 0 Å². The first-order chi connectivity index (χ1) is 49.8. The van der Waals surface area contributed by atoms with E-state index in [0.29, 0.717) is 22.4 Å². The van der Waals surface area contributed by atoms with Crippen LogP contribution in [0.5, 0.6) is 0 Å². The molecule has 33 nitrogen and oxygen atoms in total. The van der Waals surface area contributed by atoms with E-state index in [2.05, 4.69) is 57.8 Å². The normalized spacial score (nSPS) is 14.5. The van der Waals surface area contributed by atoms with Gasteiger partial charge in [-0.1, -0.05) is 140 Å². The molecular weight excluding hydrogens is 1360 g/mol. The molecule has 11 atom stereocenters. The number of carboxylic acids is 3. The van der Waals surface area contributed by atoms with Gasteiger partial charge in [0.25, 0.3) is 5.91 Å². The van der Waals surface area contributed by atoms with Crippen LogP contribution in [0.3, 0.4) is 0 Å². The molecule has 33 heteroatoms. The summed E-state index contributed by atoms with van der Waals surface area (Å²) in [5, 5.41) is 95.7. The van der Waals surface area contributed by atoms with E-state index in [-0.39, 0.29) is 19.3 Å². The highest BCUT2D eigenvalue weighted by molar-refractivity contribution is 6.02. The van der Waals surface area contributed by atoms with Crippen molar-refractivity contribution in [3.63, 3.8) is 0 Å². The molecule has 1 aromatic heterocycles. The van der Waals surface area contributed by atoms with Crippen LogP contribution in [-0.4, -0.2) is 202 Å². The van der Waals surface area contributed by atoms with Gasteiger partial charge < -0.3 is 94.5 Å². The molecule has 0 saturated carbocycles. The van der Waals surface area contributed by atoms with Gasteiger partial charge in [-0.25, -0.2) is 9.78 Å². The van der Waals surface area contributed by atoms with Crippen molar-refractivity contribution in [2.75, 3.05) is 13.2 Å². The largest absolute Gasteiger partial charge is 0.481 e. The average Bonchev–Trinajstić information content (AvgIpc) is 1.02. The van der Waals surface area contributed by atoms with E-state index in [1.54, 1.807) is 54.6 Å². The fraction of sp³-hybridized carbons (Fsp3) is 0.347. The molecule has 5 aromatic carbocycles. The molecule has 0 aliphatic carbocycles. The lowest BCUT2D eigenvalue weighted by Crippen LogP contribution is -2.69. The minimum atomic E-state index is -3.14. The maximum absolute atomic E-state index is 14.5. The number of aromatic nitrogens is 2. The number of aliphatic carboxylic acids is 3. The zero-order chi connectivity index (χ0) is 77.1. The molecule has 0 bridgehead atoms. The lowest BCUT2D eigenvalue weighted by Gasteiger charge is -2.33. The van der Waals surface area contributed by atoms with E-state index in [9.17, 15) is 98.2 Å². The number of hydrogen-bond donors (Lipinski definition) is 18. The summed E-state index contributed by atoms with van der Waals surface area (Å²) in [4.78, 5) is 183. The Bertz CT molecular complexity index is 4070. The monoisotopic (exact) mass is 1450 g/mol. The Kier molecular flexibility index (Phi) is 30.1. The number of carbonyl (C=O) groups excluding carboxylic acids is 10. The van der Waals surface area contributed by atoms with Gasteiger partial charge in [-0.3, -0.25) is 57.5 Å². The summed E-state index contributed by atoms with van der Waals surface area (Å²) in [7, 11) is 0. The minimum Gasteiger partial charge on any atom is -0.481 e. The van der Waals surface area contributed by atoms with Gasteiger partial charge in [0.15, 0.2) is 0 Å². The Labute approximate surface area is 601 Å². The van der Waals surface area contributed by atoms with Gasteiger partial charge >= 0.3 is 17.9 Å². The maximum Gasteiger partial charge on any atom is 0.326 e. The van der Waals surface area contributed by atoms with Gasteiger partial charge in [-0.05, 0) is 73.1 Å². The molecule has 0 spiro atoms. The third-order valence-electron chi connectivity index (χ3n) is 16.6. The Morgan fingerprint density at radius 1 is 0.514 bits per heavy atom. The number of carbonyl (C=O) groups is 13. The van der Waals surface area contributed by atoms with Crippen molar-refractivity contribution in [1.82, 2.24) is 63.1 Å². The van der Waals surface area contributed by atoms with Crippen LogP contribution in [0.1, 0.15) is 69.3 Å². The number of rotatable bonds is 39. The smallest absolute Gasteiger partial charge is 0.326 e. The van der Waals surface area contributed by atoms with Gasteiger partial charge in [0.05, 0.1) is 49.8 Å². The molecule has 0 radical (unpaired) electrons. The quantitative estimate of drug-likeness (QED) is 0.0205. The van der Waals surface area contributed by atoms with Crippen LogP contribution >= 0.6 is 0 Å². The van der Waals surface area contributed by atoms with Crippen LogP contribution in [0.15, 0.2) is 152 Å². The van der Waals surface area contributed by atoms with Crippen LogP contribution < -0.4 is 58.9 Å². The standard InChI is InChI=1S/C72H84N14O19/c1-40(88)60(84-57(90)36-76-62(96)51(28-29-58(91)92)82-69(104)71(3,4)85-61(95)50(74)33-49-35-75-39-77-49)67(101)80-53(30-42-14-8-5-9-15-42)66(100)86-72(38-73,41(2)89)70(105)83-56(37-87)65(99)79-54(34-59(93)94)64(98)78-52(31-43-20-24-47(25-21-43)45-16-10-6-11-17-45)63(97)81-55(68(102)103)32-44-22-26-48(27-23-44)46-18-12-7-13-19-46/h5-27,35,39-41,50-56,60,87-89H,28-34,36-37,74H2,1-4H3,(H,75,77)(H,76,96)(H,78,98)(H,79,99)(H,80,101)(H,81,97)(H,82,104)(H,83,105)(H,84,90)(H,85,95)(H,86,100)(H,91,92)(H,93,94)(H,102,103)/t40-,41-,50+,51+,52+,53+,54+,55+,56+,60+,72+/m1/s1. The number of nitrogens with two attached hydrogens (primary N) is 1. The molecule has 0 saturated heterocycles. The Morgan fingerprint density at radius 3 is 1.47 bits per heavy atom. The van der Waals surface area contributed by atoms with E-state index >= 15 is 0 Å². The van der Waals surface area contributed by atoms with Crippen molar-refractivity contribution in [3.8, 4) is 28.3 Å². The summed E-state index contributed by atoms with van der Waals surface area (Å²) in [6, 6.07) is 27.1. The van der Waals surface area contributed by atoms with E-state index in [4.69, 9.17) is 5.73 Å². The minimum absolute atomic E-state index is 0.0125. The van der Waals surface area contributed by atoms with Crippen LogP contribution in [0.2, 0.25) is 0 Å². The fourth-order valence-electron chi connectivity index (χ4n) is 10.6. The molecule has 19 N–H and O–H groups in total. The molecule has 0 unspecified atom stereocenters. The van der Waals surface area contributed by atoms with E-state index in [1.807, 2.05) is 66.0 Å². The number of benzene rings is 5. The van der Waals surface area contributed by atoms with Gasteiger partial charge in [-0.15, -0.1) is 0 Å². The number of hydrogen-bond acceptors (Lipinski definition) is 19. The lowest BCUT2D eigenvalue weighted by molar-refractivity contribution is -0.143. The number of aliphatic hydroxyl groups excluding tert-OH is 3. The van der Waals surface area contributed by atoms with Gasteiger partial charge in [0, 0.05) is 38.3 Å². The van der Waals surface area contributed by atoms with Crippen molar-refractivity contribution in [2.24, 2.45) is 5.73 Å². The first-order valence-electron chi connectivity index (χ1n) is 33.0. The SMILES string of the molecule is C[C@@H](O)[C@H](NC(=O)CNC(=O)[C@H](CCC(=O)O)NC(=O)C(C)(C)NC(=O)[C@@H](N)Cc1c[nH]cn1)C(=O)N[C@@H](Cc1ccccc1)C(=O)N[C@](C#N)(C(=O)N[C@@H](CO)C(=O)N[C@@H](CC(=O)O)C(=O)N[C@@H](Cc1ccc(-c2ccccc2)cc1)C(=O)N[C@@H](Cc1ccc(-c2ccccc2)cc1)C(=O)O)[C@@H](C)O. The number of H-pyrrole nitrogens is 1. The van der Waals surface area contributed by atoms with Crippen molar-refractivity contribution in [3.05, 3.63) is 174 Å². The fourth-order valence-corrected chi connectivity index (χ4v) is 10.6. The summed E-state index contributed by atoms with van der Waals surface area (Å²) >= 11 is 0. The second kappa shape index (κ2) is 38.7. The highest BCUT2D eigenvalue weighted by Gasteiger charge is 2.48. The summed E-state index contributed by atoms with van der Waals surface area (Å²) in [5.74, 6) is -16.8. The molecule has 556 valence electrons. The van der Waals surface area contributed by atoms with E-state index in [1.165, 1.54) is 56.7 Å². The van der Waals surface area contributed by atoms with Crippen LogP contribution in [0, 0.1) is 11.3 Å². The molecule has 1 heterocycles. The molecule has 105 heavy (non-hydrogen) atoms. The molecule has 0 aliphatic rings. The van der Waals surface area contributed by atoms with Gasteiger partial charge in [0.1, 0.15) is 53.9 Å². The highest BCUT2D eigenvalue weighted by atomic mass is 16.4. The zero-order valence-electron chi connectivity index (χ0n) is 57.5. The first kappa shape index (κ1) is 81.7. The molecule has 6 rings (SSSR count). The Balaban J connectivity index is 1.16. The summed E-state index contributed by atoms with van der Waals surface area (Å²) in [6.45, 7) is 2.14. The topological polar surface area (TPSA) is 542 Å². The number of aliphatic hydroxyl groups is 3. The second-order valence-electron chi connectivity index (χ2n) is 25.1. The second-order valence-corrected chi connectivity index (χ2v) is 25.1. The number of amides is 10. The summed E-state index contributed by atoms with van der Waals surface area (Å²) in [5.41, 5.74) is 6.16. The van der Waals surface area contributed by atoms with Crippen molar-refractivity contribution >= 4 is 77.0 Å². The third-order valence-corrected chi connectivity index (χ3v) is 16.6. The van der Waals surface area contributed by atoms with E-state index in [0.717, 1.165) is 36.1 Å². The lowest BCUT2D eigenvalue weighted by atomic mass is 9.92. The molecule has 6 aromatic rings. The molecule has 0 fully saturated rings. The van der Waals surface area contributed by atoms with Crippen LogP contribution in [-0.2, 0) is 88.0 Å². The predicted octanol–water partition coefficient (Wildman–Crippen LogP) is -1.70. The van der Waals surface area contributed by atoms with Crippen LogP contribution in [0.25, 0.3) is 22.3 Å². The van der Waals surface area contributed by atoms with E-state index < -0.39 is 187 Å². The Hall–Kier alpha value is -12.3. The van der Waals surface area contributed by atoms with Crippen molar-refractivity contribution in [1.29, 1.82) is 5.26 Å². The van der Waals surface area contributed by atoms with Gasteiger partial charge in [0.2, 0.25) is 58.7 Å². The third kappa shape index (κ3) is 24.5. The number of nitriles is 1.